The Bertz CT molecular complexity index is 923. The first-order chi connectivity index (χ1) is 13.4. The number of nitrogens with zero attached hydrogens (tertiary/aromatic N) is 1. The standard InChI is InChI=1S/C22H28N2O3S/c1-3-4-14-23-22(25)16-21-20-8-6-5-7-18(20)13-15-24(21)28(26,27)19-11-9-17(2)10-12-19/h5-12,21H,3-4,13-16H2,1-2H3,(H,23,25)/t21-/m0/s1. The van der Waals surface area contributed by atoms with Gasteiger partial charge in [0.15, 0.2) is 0 Å². The van der Waals surface area contributed by atoms with Crippen LogP contribution in [0.4, 0.5) is 0 Å². The summed E-state index contributed by atoms with van der Waals surface area (Å²) < 4.78 is 28.2. The first-order valence-corrected chi connectivity index (χ1v) is 11.3. The maximum Gasteiger partial charge on any atom is 0.243 e. The number of nitrogens with one attached hydrogen (secondary N) is 1. The molecule has 1 N–H and O–H groups in total. The van der Waals surface area contributed by atoms with Crippen molar-refractivity contribution in [3.05, 3.63) is 65.2 Å². The fourth-order valence-corrected chi connectivity index (χ4v) is 5.23. The lowest BCUT2D eigenvalue weighted by Gasteiger charge is -2.36. The summed E-state index contributed by atoms with van der Waals surface area (Å²) in [5, 5.41) is 2.92. The number of carbonyl (C=O) groups is 1. The zero-order valence-electron chi connectivity index (χ0n) is 16.5. The Balaban J connectivity index is 1.92. The fraction of sp³-hybridized carbons (Fsp3) is 0.409. The molecule has 0 radical (unpaired) electrons. The summed E-state index contributed by atoms with van der Waals surface area (Å²) in [5.74, 6) is -0.112. The van der Waals surface area contributed by atoms with E-state index in [1.807, 2.05) is 31.2 Å². The Morgan fingerprint density at radius 1 is 1.14 bits per heavy atom. The number of hydrogen-bond acceptors (Lipinski definition) is 3. The molecule has 1 amide bonds. The molecule has 0 bridgehead atoms. The third-order valence-corrected chi connectivity index (χ3v) is 7.14. The van der Waals surface area contributed by atoms with Crippen LogP contribution in [-0.2, 0) is 21.2 Å². The molecule has 2 aromatic carbocycles. The van der Waals surface area contributed by atoms with Gasteiger partial charge in [0.05, 0.1) is 10.9 Å². The SMILES string of the molecule is CCCCNC(=O)C[C@H]1c2ccccc2CCN1S(=O)(=O)c1ccc(C)cc1. The van der Waals surface area contributed by atoms with Gasteiger partial charge in [-0.25, -0.2) is 8.42 Å². The maximum absolute atomic E-state index is 13.4. The topological polar surface area (TPSA) is 66.5 Å². The number of aryl methyl sites for hydroxylation is 1. The average molecular weight is 401 g/mol. The second kappa shape index (κ2) is 8.88. The largest absolute Gasteiger partial charge is 0.356 e. The third-order valence-electron chi connectivity index (χ3n) is 5.22. The van der Waals surface area contributed by atoms with E-state index in [4.69, 9.17) is 0 Å². The normalized spacial score (nSPS) is 17.1. The van der Waals surface area contributed by atoms with Gasteiger partial charge in [0.25, 0.3) is 0 Å². The van der Waals surface area contributed by atoms with Crippen LogP contribution in [0.3, 0.4) is 0 Å². The second-order valence-corrected chi connectivity index (χ2v) is 9.19. The number of sulfonamides is 1. The van der Waals surface area contributed by atoms with Crippen molar-refractivity contribution in [3.63, 3.8) is 0 Å². The van der Waals surface area contributed by atoms with E-state index >= 15 is 0 Å². The zero-order chi connectivity index (χ0) is 20.1. The van der Waals surface area contributed by atoms with E-state index in [2.05, 4.69) is 12.2 Å². The van der Waals surface area contributed by atoms with Crippen LogP contribution in [0.1, 0.15) is 48.9 Å². The van der Waals surface area contributed by atoms with Crippen molar-refractivity contribution in [3.8, 4) is 0 Å². The van der Waals surface area contributed by atoms with Gasteiger partial charge in [-0.1, -0.05) is 55.3 Å². The molecular weight excluding hydrogens is 372 g/mol. The predicted molar refractivity (Wildman–Crippen MR) is 110 cm³/mol. The van der Waals surface area contributed by atoms with Crippen LogP contribution in [0, 0.1) is 6.92 Å². The van der Waals surface area contributed by atoms with Gasteiger partial charge in [-0.05, 0) is 43.0 Å². The van der Waals surface area contributed by atoms with Crippen molar-refractivity contribution in [1.82, 2.24) is 9.62 Å². The van der Waals surface area contributed by atoms with Crippen molar-refractivity contribution in [2.75, 3.05) is 13.1 Å². The molecule has 0 fully saturated rings. The van der Waals surface area contributed by atoms with E-state index in [1.165, 1.54) is 4.31 Å². The maximum atomic E-state index is 13.4. The van der Waals surface area contributed by atoms with E-state index in [0.717, 1.165) is 29.5 Å². The van der Waals surface area contributed by atoms with E-state index in [1.54, 1.807) is 24.3 Å². The minimum Gasteiger partial charge on any atom is -0.356 e. The Labute approximate surface area is 167 Å². The Hall–Kier alpha value is -2.18. The molecule has 1 aliphatic rings. The Morgan fingerprint density at radius 3 is 2.57 bits per heavy atom. The molecule has 3 rings (SSSR count). The number of fused-ring (bicyclic) bond motifs is 1. The molecule has 150 valence electrons. The highest BCUT2D eigenvalue weighted by atomic mass is 32.2. The van der Waals surface area contributed by atoms with Gasteiger partial charge in [-0.2, -0.15) is 4.31 Å². The highest BCUT2D eigenvalue weighted by Crippen LogP contribution is 2.36. The van der Waals surface area contributed by atoms with Gasteiger partial charge in [-0.15, -0.1) is 0 Å². The Morgan fingerprint density at radius 2 is 1.86 bits per heavy atom. The molecule has 0 spiro atoms. The summed E-state index contributed by atoms with van der Waals surface area (Å²) in [7, 11) is -3.69. The van der Waals surface area contributed by atoms with Gasteiger partial charge >= 0.3 is 0 Å². The summed E-state index contributed by atoms with van der Waals surface area (Å²) in [6, 6.07) is 14.2. The monoisotopic (exact) mass is 400 g/mol. The van der Waals surface area contributed by atoms with Gasteiger partial charge in [0, 0.05) is 19.5 Å². The zero-order valence-corrected chi connectivity index (χ0v) is 17.3. The van der Waals surface area contributed by atoms with Crippen LogP contribution >= 0.6 is 0 Å². The van der Waals surface area contributed by atoms with Crippen molar-refractivity contribution in [2.45, 2.75) is 50.5 Å². The highest BCUT2D eigenvalue weighted by molar-refractivity contribution is 7.89. The lowest BCUT2D eigenvalue weighted by Crippen LogP contribution is -2.42. The molecule has 1 atom stereocenters. The minimum atomic E-state index is -3.69. The average Bonchev–Trinajstić information content (AvgIpc) is 2.68. The summed E-state index contributed by atoms with van der Waals surface area (Å²) in [4.78, 5) is 12.8. The fourth-order valence-electron chi connectivity index (χ4n) is 3.63. The number of benzene rings is 2. The Kier molecular flexibility index (Phi) is 6.52. The van der Waals surface area contributed by atoms with Gasteiger partial charge in [0.2, 0.25) is 15.9 Å². The van der Waals surface area contributed by atoms with Crippen molar-refractivity contribution in [1.29, 1.82) is 0 Å². The van der Waals surface area contributed by atoms with Crippen LogP contribution in [-0.4, -0.2) is 31.7 Å². The van der Waals surface area contributed by atoms with Crippen LogP contribution in [0.5, 0.6) is 0 Å². The van der Waals surface area contributed by atoms with Crippen LogP contribution in [0.15, 0.2) is 53.4 Å². The van der Waals surface area contributed by atoms with Crippen LogP contribution in [0.25, 0.3) is 0 Å². The first kappa shape index (κ1) is 20.6. The molecule has 2 aromatic rings. The lowest BCUT2D eigenvalue weighted by atomic mass is 9.92. The summed E-state index contributed by atoms with van der Waals surface area (Å²) >= 11 is 0. The number of hydrogen-bond donors (Lipinski definition) is 1. The van der Waals surface area contributed by atoms with Crippen LogP contribution < -0.4 is 5.32 Å². The molecule has 1 aliphatic heterocycles. The van der Waals surface area contributed by atoms with E-state index in [9.17, 15) is 13.2 Å². The van der Waals surface area contributed by atoms with Crippen LogP contribution in [0.2, 0.25) is 0 Å². The van der Waals surface area contributed by atoms with Gasteiger partial charge < -0.3 is 5.32 Å². The number of carbonyl (C=O) groups excluding carboxylic acids is 1. The third kappa shape index (κ3) is 4.45. The summed E-state index contributed by atoms with van der Waals surface area (Å²) in [6.07, 6.45) is 2.69. The molecule has 0 unspecified atom stereocenters. The van der Waals surface area contributed by atoms with Crippen molar-refractivity contribution < 1.29 is 13.2 Å². The summed E-state index contributed by atoms with van der Waals surface area (Å²) in [5.41, 5.74) is 3.05. The molecule has 5 nitrogen and oxygen atoms in total. The van der Waals surface area contributed by atoms with Gasteiger partial charge in [0.1, 0.15) is 0 Å². The number of unbranched alkanes of at least 4 members (excludes halogenated alkanes) is 1. The molecule has 6 heteroatoms. The van der Waals surface area contributed by atoms with E-state index in [-0.39, 0.29) is 17.2 Å². The minimum absolute atomic E-state index is 0.112. The van der Waals surface area contributed by atoms with E-state index < -0.39 is 16.1 Å². The number of amides is 1. The molecule has 0 aliphatic carbocycles. The van der Waals surface area contributed by atoms with Crippen molar-refractivity contribution >= 4 is 15.9 Å². The molecule has 0 aromatic heterocycles. The van der Waals surface area contributed by atoms with Gasteiger partial charge in [-0.3, -0.25) is 4.79 Å². The molecule has 0 saturated carbocycles. The molecule has 28 heavy (non-hydrogen) atoms. The first-order valence-electron chi connectivity index (χ1n) is 9.86. The second-order valence-electron chi connectivity index (χ2n) is 7.30. The lowest BCUT2D eigenvalue weighted by molar-refractivity contribution is -0.122. The smallest absolute Gasteiger partial charge is 0.243 e. The quantitative estimate of drug-likeness (QED) is 0.722. The highest BCUT2D eigenvalue weighted by Gasteiger charge is 2.37. The number of rotatable bonds is 7. The predicted octanol–water partition coefficient (Wildman–Crippen LogP) is 3.59. The molecule has 0 saturated heterocycles. The van der Waals surface area contributed by atoms with Crippen molar-refractivity contribution in [2.24, 2.45) is 0 Å². The molecule has 1 heterocycles. The molecular formula is C22H28N2O3S. The van der Waals surface area contributed by atoms with E-state index in [0.29, 0.717) is 19.5 Å². The summed E-state index contributed by atoms with van der Waals surface area (Å²) in [6.45, 7) is 4.99.